The predicted octanol–water partition coefficient (Wildman–Crippen LogP) is 1.49. The Kier molecular flexibility index (Phi) is 4.74. The first-order valence-electron chi connectivity index (χ1n) is 5.98. The molecule has 0 aromatic rings. The van der Waals surface area contributed by atoms with Gasteiger partial charge in [0.15, 0.2) is 0 Å². The van der Waals surface area contributed by atoms with E-state index in [9.17, 15) is 4.79 Å². The highest BCUT2D eigenvalue weighted by molar-refractivity contribution is 5.75. The highest BCUT2D eigenvalue weighted by atomic mass is 16.5. The van der Waals surface area contributed by atoms with E-state index in [2.05, 4.69) is 19.2 Å². The number of hydrogen-bond donors (Lipinski definition) is 1. The molecule has 3 atom stereocenters. The molecule has 0 aliphatic carbocycles. The summed E-state index contributed by atoms with van der Waals surface area (Å²) < 4.78 is 10.5. The highest BCUT2D eigenvalue weighted by Crippen LogP contribution is 2.27. The standard InChI is InChI=1S/C12H23NO3/c1-5-12(3)8-10(6-7-16-12)13-9(2)11(14)15-4/h9-10,13H,5-8H2,1-4H3. The minimum absolute atomic E-state index is 0.0498. The van der Waals surface area contributed by atoms with Crippen LogP contribution in [-0.2, 0) is 14.3 Å². The maximum Gasteiger partial charge on any atom is 0.322 e. The molecule has 0 amide bonds. The normalized spacial score (nSPS) is 32.1. The van der Waals surface area contributed by atoms with E-state index in [0.717, 1.165) is 25.9 Å². The number of rotatable bonds is 4. The summed E-state index contributed by atoms with van der Waals surface area (Å²) in [5.74, 6) is -0.204. The lowest BCUT2D eigenvalue weighted by molar-refractivity contribution is -0.143. The zero-order valence-corrected chi connectivity index (χ0v) is 10.7. The number of methoxy groups -OCH3 is 1. The number of carbonyl (C=O) groups excluding carboxylic acids is 1. The smallest absolute Gasteiger partial charge is 0.322 e. The Labute approximate surface area is 97.7 Å². The quantitative estimate of drug-likeness (QED) is 0.742. The second-order valence-electron chi connectivity index (χ2n) is 4.75. The van der Waals surface area contributed by atoms with Crippen LogP contribution in [0.25, 0.3) is 0 Å². The molecule has 1 fully saturated rings. The van der Waals surface area contributed by atoms with Crippen LogP contribution in [0.15, 0.2) is 0 Å². The third-order valence-corrected chi connectivity index (χ3v) is 3.38. The zero-order chi connectivity index (χ0) is 12.2. The minimum atomic E-state index is -0.241. The number of carbonyl (C=O) groups is 1. The Morgan fingerprint density at radius 2 is 2.38 bits per heavy atom. The van der Waals surface area contributed by atoms with Gasteiger partial charge in [0.1, 0.15) is 6.04 Å². The summed E-state index contributed by atoms with van der Waals surface area (Å²) in [7, 11) is 1.42. The molecule has 1 heterocycles. The van der Waals surface area contributed by atoms with Gasteiger partial charge in [-0.1, -0.05) is 6.92 Å². The van der Waals surface area contributed by atoms with Crippen molar-refractivity contribution in [1.29, 1.82) is 0 Å². The Balaban J connectivity index is 2.46. The average molecular weight is 229 g/mol. The molecule has 1 aliphatic heterocycles. The fourth-order valence-electron chi connectivity index (χ4n) is 2.12. The zero-order valence-electron chi connectivity index (χ0n) is 10.7. The van der Waals surface area contributed by atoms with Crippen molar-refractivity contribution in [2.45, 2.75) is 57.7 Å². The summed E-state index contributed by atoms with van der Waals surface area (Å²) in [5.41, 5.74) is -0.0498. The van der Waals surface area contributed by atoms with E-state index >= 15 is 0 Å². The van der Waals surface area contributed by atoms with Crippen LogP contribution in [0.1, 0.15) is 40.0 Å². The lowest BCUT2D eigenvalue weighted by atomic mass is 9.89. The van der Waals surface area contributed by atoms with Crippen molar-refractivity contribution in [1.82, 2.24) is 5.32 Å². The van der Waals surface area contributed by atoms with Gasteiger partial charge in [0.05, 0.1) is 12.7 Å². The number of nitrogens with one attached hydrogen (secondary N) is 1. The van der Waals surface area contributed by atoms with Gasteiger partial charge in [0, 0.05) is 12.6 Å². The molecule has 0 aromatic carbocycles. The van der Waals surface area contributed by atoms with Crippen molar-refractivity contribution in [3.05, 3.63) is 0 Å². The van der Waals surface area contributed by atoms with Crippen molar-refractivity contribution in [2.24, 2.45) is 0 Å². The molecule has 0 radical (unpaired) electrons. The molecule has 0 aromatic heterocycles. The van der Waals surface area contributed by atoms with Crippen LogP contribution in [0.2, 0.25) is 0 Å². The molecule has 0 spiro atoms. The first-order valence-corrected chi connectivity index (χ1v) is 5.98. The second-order valence-corrected chi connectivity index (χ2v) is 4.75. The summed E-state index contributed by atoms with van der Waals surface area (Å²) in [4.78, 5) is 11.3. The number of hydrogen-bond acceptors (Lipinski definition) is 4. The average Bonchev–Trinajstić information content (AvgIpc) is 2.28. The van der Waals surface area contributed by atoms with E-state index in [1.165, 1.54) is 7.11 Å². The van der Waals surface area contributed by atoms with Gasteiger partial charge in [-0.05, 0) is 33.1 Å². The van der Waals surface area contributed by atoms with Crippen LogP contribution in [0, 0.1) is 0 Å². The SMILES string of the molecule is CCC1(C)CC(NC(C)C(=O)OC)CCO1. The van der Waals surface area contributed by atoms with Crippen molar-refractivity contribution in [3.63, 3.8) is 0 Å². The Hall–Kier alpha value is -0.610. The summed E-state index contributed by atoms with van der Waals surface area (Å²) in [6.07, 6.45) is 2.90. The second kappa shape index (κ2) is 5.64. The minimum Gasteiger partial charge on any atom is -0.468 e. The summed E-state index contributed by atoms with van der Waals surface area (Å²) in [5, 5.41) is 3.30. The molecule has 4 heteroatoms. The molecule has 1 saturated heterocycles. The molecule has 4 nitrogen and oxygen atoms in total. The molecular formula is C12H23NO3. The molecule has 0 bridgehead atoms. The van der Waals surface area contributed by atoms with Crippen LogP contribution in [0.5, 0.6) is 0 Å². The van der Waals surface area contributed by atoms with Gasteiger partial charge in [0.2, 0.25) is 0 Å². The van der Waals surface area contributed by atoms with E-state index in [1.807, 2.05) is 6.92 Å². The largest absolute Gasteiger partial charge is 0.468 e. The van der Waals surface area contributed by atoms with Crippen molar-refractivity contribution in [2.75, 3.05) is 13.7 Å². The molecule has 1 aliphatic rings. The van der Waals surface area contributed by atoms with E-state index < -0.39 is 0 Å². The molecule has 0 saturated carbocycles. The van der Waals surface area contributed by atoms with Crippen molar-refractivity contribution in [3.8, 4) is 0 Å². The topological polar surface area (TPSA) is 47.6 Å². The molecule has 94 valence electrons. The monoisotopic (exact) mass is 229 g/mol. The van der Waals surface area contributed by atoms with Gasteiger partial charge >= 0.3 is 5.97 Å². The van der Waals surface area contributed by atoms with E-state index in [0.29, 0.717) is 6.04 Å². The molecule has 1 N–H and O–H groups in total. The molecular weight excluding hydrogens is 206 g/mol. The Bertz CT molecular complexity index is 244. The van der Waals surface area contributed by atoms with Crippen LogP contribution < -0.4 is 5.32 Å². The summed E-state index contributed by atoms with van der Waals surface area (Å²) >= 11 is 0. The lowest BCUT2D eigenvalue weighted by Crippen LogP contribution is -2.49. The maximum atomic E-state index is 11.3. The van der Waals surface area contributed by atoms with Gasteiger partial charge < -0.3 is 14.8 Å². The van der Waals surface area contributed by atoms with Gasteiger partial charge in [0.25, 0.3) is 0 Å². The van der Waals surface area contributed by atoms with E-state index in [1.54, 1.807) is 0 Å². The molecule has 16 heavy (non-hydrogen) atoms. The Morgan fingerprint density at radius 1 is 1.69 bits per heavy atom. The maximum absolute atomic E-state index is 11.3. The van der Waals surface area contributed by atoms with Crippen molar-refractivity contribution >= 4 is 5.97 Å². The van der Waals surface area contributed by atoms with Crippen LogP contribution in [-0.4, -0.2) is 37.4 Å². The fourth-order valence-corrected chi connectivity index (χ4v) is 2.12. The van der Waals surface area contributed by atoms with Crippen LogP contribution >= 0.6 is 0 Å². The highest BCUT2D eigenvalue weighted by Gasteiger charge is 2.32. The third-order valence-electron chi connectivity index (χ3n) is 3.38. The van der Waals surface area contributed by atoms with Gasteiger partial charge in [-0.2, -0.15) is 0 Å². The lowest BCUT2D eigenvalue weighted by Gasteiger charge is -2.38. The first kappa shape index (κ1) is 13.5. The third kappa shape index (κ3) is 3.46. The first-order chi connectivity index (χ1) is 7.50. The number of ether oxygens (including phenoxy) is 2. The van der Waals surface area contributed by atoms with Gasteiger partial charge in [-0.15, -0.1) is 0 Å². The Morgan fingerprint density at radius 3 is 2.94 bits per heavy atom. The van der Waals surface area contributed by atoms with Gasteiger partial charge in [-0.3, -0.25) is 4.79 Å². The molecule has 1 rings (SSSR count). The predicted molar refractivity (Wildman–Crippen MR) is 62.3 cm³/mol. The van der Waals surface area contributed by atoms with Gasteiger partial charge in [-0.25, -0.2) is 0 Å². The summed E-state index contributed by atoms with van der Waals surface area (Å²) in [6.45, 7) is 6.86. The number of esters is 1. The van der Waals surface area contributed by atoms with Crippen LogP contribution in [0.4, 0.5) is 0 Å². The van der Waals surface area contributed by atoms with Crippen molar-refractivity contribution < 1.29 is 14.3 Å². The van der Waals surface area contributed by atoms with E-state index in [-0.39, 0.29) is 17.6 Å². The molecule has 3 unspecified atom stereocenters. The van der Waals surface area contributed by atoms with Crippen LogP contribution in [0.3, 0.4) is 0 Å². The van der Waals surface area contributed by atoms with E-state index in [4.69, 9.17) is 9.47 Å². The summed E-state index contributed by atoms with van der Waals surface area (Å²) in [6, 6.07) is 0.0991. The fraction of sp³-hybridized carbons (Fsp3) is 0.917.